The van der Waals surface area contributed by atoms with Crippen molar-refractivity contribution < 1.29 is 23.1 Å². The lowest BCUT2D eigenvalue weighted by molar-refractivity contribution is 0.0730. The number of hydrogen-bond acceptors (Lipinski definition) is 5. The lowest BCUT2D eigenvalue weighted by Gasteiger charge is -2.26. The summed E-state index contributed by atoms with van der Waals surface area (Å²) in [7, 11) is -3.40. The Morgan fingerprint density at radius 1 is 1.36 bits per heavy atom. The fraction of sp³-hybridized carbons (Fsp3) is 0.462. The monoisotopic (exact) mass is 348 g/mol. The van der Waals surface area contributed by atoms with E-state index in [1.54, 1.807) is 0 Å². The molecule has 1 aliphatic rings. The van der Waals surface area contributed by atoms with Crippen LogP contribution in [-0.2, 0) is 14.8 Å². The van der Waals surface area contributed by atoms with Crippen LogP contribution in [0.3, 0.4) is 0 Å². The van der Waals surface area contributed by atoms with E-state index in [-0.39, 0.29) is 28.6 Å². The molecule has 122 valence electrons. The summed E-state index contributed by atoms with van der Waals surface area (Å²) in [4.78, 5) is 11.9. The van der Waals surface area contributed by atoms with Crippen LogP contribution in [-0.4, -0.2) is 62.3 Å². The molecule has 1 aliphatic heterocycles. The Balaban J connectivity index is 1.87. The largest absolute Gasteiger partial charge is 0.506 e. The van der Waals surface area contributed by atoms with Crippen molar-refractivity contribution in [3.05, 3.63) is 28.8 Å². The maximum absolute atomic E-state index is 12.1. The molecule has 22 heavy (non-hydrogen) atoms. The summed E-state index contributed by atoms with van der Waals surface area (Å²) in [5.41, 5.74) is 0.256. The predicted octanol–water partition coefficient (Wildman–Crippen LogP) is 0.437. The van der Waals surface area contributed by atoms with E-state index < -0.39 is 15.9 Å². The number of carbonyl (C=O) groups is 1. The Hall–Kier alpha value is -1.35. The van der Waals surface area contributed by atoms with Crippen molar-refractivity contribution in [2.75, 3.05) is 38.6 Å². The van der Waals surface area contributed by atoms with Gasteiger partial charge in [-0.2, -0.15) is 4.31 Å². The SMILES string of the molecule is O=C(NCCS(=O)(=O)N1CCOCC1)c1ccc(O)c(Cl)c1. The third-order valence-electron chi connectivity index (χ3n) is 3.22. The zero-order chi connectivity index (χ0) is 16.2. The third-order valence-corrected chi connectivity index (χ3v) is 5.39. The van der Waals surface area contributed by atoms with Crippen molar-refractivity contribution >= 4 is 27.5 Å². The standard InChI is InChI=1S/C13H17ClN2O5S/c14-11-9-10(1-2-12(11)17)13(18)15-3-8-22(19,20)16-4-6-21-7-5-16/h1-2,9,17H,3-8H2,(H,15,18). The van der Waals surface area contributed by atoms with E-state index in [1.807, 2.05) is 0 Å². The number of nitrogens with zero attached hydrogens (tertiary/aromatic N) is 1. The molecule has 1 aromatic rings. The second kappa shape index (κ2) is 7.28. The van der Waals surface area contributed by atoms with E-state index in [9.17, 15) is 18.3 Å². The molecule has 0 aromatic heterocycles. The number of amides is 1. The van der Waals surface area contributed by atoms with E-state index in [0.29, 0.717) is 26.3 Å². The first-order chi connectivity index (χ1) is 10.4. The predicted molar refractivity (Wildman–Crippen MR) is 81.6 cm³/mol. The minimum atomic E-state index is -3.40. The fourth-order valence-corrected chi connectivity index (χ4v) is 3.50. The number of morpholine rings is 1. The number of sulfonamides is 1. The van der Waals surface area contributed by atoms with Crippen molar-refractivity contribution in [3.63, 3.8) is 0 Å². The molecule has 9 heteroatoms. The van der Waals surface area contributed by atoms with Gasteiger partial charge in [0.2, 0.25) is 10.0 Å². The summed E-state index contributed by atoms with van der Waals surface area (Å²) in [6.45, 7) is 1.44. The molecule has 0 radical (unpaired) electrons. The second-order valence-electron chi connectivity index (χ2n) is 4.75. The normalized spacial score (nSPS) is 16.4. The second-order valence-corrected chi connectivity index (χ2v) is 7.25. The summed E-state index contributed by atoms with van der Waals surface area (Å²) in [6.07, 6.45) is 0. The lowest BCUT2D eigenvalue weighted by atomic mass is 10.2. The highest BCUT2D eigenvalue weighted by atomic mass is 35.5. The number of halogens is 1. The molecule has 1 fully saturated rings. The van der Waals surface area contributed by atoms with Crippen molar-refractivity contribution in [1.82, 2.24) is 9.62 Å². The maximum Gasteiger partial charge on any atom is 0.251 e. The van der Waals surface area contributed by atoms with Gasteiger partial charge >= 0.3 is 0 Å². The first-order valence-corrected chi connectivity index (χ1v) is 8.71. The van der Waals surface area contributed by atoms with Gasteiger partial charge in [-0.1, -0.05) is 11.6 Å². The Labute approximate surface area is 133 Å². The van der Waals surface area contributed by atoms with Crippen LogP contribution in [0.2, 0.25) is 5.02 Å². The number of aromatic hydroxyl groups is 1. The van der Waals surface area contributed by atoms with E-state index in [1.165, 1.54) is 22.5 Å². The highest BCUT2D eigenvalue weighted by Gasteiger charge is 2.24. The van der Waals surface area contributed by atoms with Gasteiger partial charge in [-0.3, -0.25) is 4.79 Å². The van der Waals surface area contributed by atoms with Gasteiger partial charge in [-0.15, -0.1) is 0 Å². The number of hydrogen-bond donors (Lipinski definition) is 2. The first-order valence-electron chi connectivity index (χ1n) is 6.72. The quantitative estimate of drug-likeness (QED) is 0.804. The Morgan fingerprint density at radius 2 is 2.05 bits per heavy atom. The van der Waals surface area contributed by atoms with Crippen molar-refractivity contribution in [3.8, 4) is 5.75 Å². The van der Waals surface area contributed by atoms with Crippen LogP contribution in [0.1, 0.15) is 10.4 Å². The van der Waals surface area contributed by atoms with Crippen LogP contribution < -0.4 is 5.32 Å². The van der Waals surface area contributed by atoms with Gasteiger partial charge in [0.1, 0.15) is 5.75 Å². The smallest absolute Gasteiger partial charge is 0.251 e. The van der Waals surface area contributed by atoms with E-state index in [0.717, 1.165) is 0 Å². The Bertz CT molecular complexity index is 644. The molecular formula is C13H17ClN2O5S. The Morgan fingerprint density at radius 3 is 2.68 bits per heavy atom. The summed E-state index contributed by atoms with van der Waals surface area (Å²) < 4.78 is 30.6. The number of phenols is 1. The van der Waals surface area contributed by atoms with Crippen molar-refractivity contribution in [2.45, 2.75) is 0 Å². The molecule has 1 heterocycles. The van der Waals surface area contributed by atoms with Gasteiger partial charge in [-0.25, -0.2) is 8.42 Å². The summed E-state index contributed by atoms with van der Waals surface area (Å²) in [5, 5.41) is 11.9. The molecule has 0 saturated carbocycles. The number of ether oxygens (including phenoxy) is 1. The Kier molecular flexibility index (Phi) is 5.63. The molecule has 1 amide bonds. The van der Waals surface area contributed by atoms with Gasteiger partial charge < -0.3 is 15.2 Å². The lowest BCUT2D eigenvalue weighted by Crippen LogP contribution is -2.43. The van der Waals surface area contributed by atoms with Gasteiger partial charge in [0, 0.05) is 25.2 Å². The van der Waals surface area contributed by atoms with Crippen LogP contribution in [0.25, 0.3) is 0 Å². The summed E-state index contributed by atoms with van der Waals surface area (Å²) in [6, 6.07) is 4.04. The van der Waals surface area contributed by atoms with E-state index >= 15 is 0 Å². The first kappa shape index (κ1) is 17.0. The molecule has 1 saturated heterocycles. The fourth-order valence-electron chi connectivity index (χ4n) is 2.00. The molecule has 0 unspecified atom stereocenters. The highest BCUT2D eigenvalue weighted by Crippen LogP contribution is 2.23. The molecule has 0 bridgehead atoms. The third kappa shape index (κ3) is 4.33. The zero-order valence-electron chi connectivity index (χ0n) is 11.8. The summed E-state index contributed by atoms with van der Waals surface area (Å²) >= 11 is 5.72. The topological polar surface area (TPSA) is 95.9 Å². The molecule has 7 nitrogen and oxygen atoms in total. The molecule has 1 aromatic carbocycles. The van der Waals surface area contributed by atoms with Crippen LogP contribution in [0.5, 0.6) is 5.75 Å². The highest BCUT2D eigenvalue weighted by molar-refractivity contribution is 7.89. The zero-order valence-corrected chi connectivity index (χ0v) is 13.4. The number of rotatable bonds is 5. The number of benzene rings is 1. The molecule has 2 rings (SSSR count). The van der Waals surface area contributed by atoms with Crippen molar-refractivity contribution in [2.24, 2.45) is 0 Å². The van der Waals surface area contributed by atoms with E-state index in [2.05, 4.69) is 5.32 Å². The van der Waals surface area contributed by atoms with Gasteiger partial charge in [-0.05, 0) is 18.2 Å². The van der Waals surface area contributed by atoms with Gasteiger partial charge in [0.05, 0.1) is 24.0 Å². The van der Waals surface area contributed by atoms with Crippen LogP contribution in [0.15, 0.2) is 18.2 Å². The van der Waals surface area contributed by atoms with Crippen LogP contribution in [0.4, 0.5) is 0 Å². The van der Waals surface area contributed by atoms with Crippen LogP contribution >= 0.6 is 11.6 Å². The number of nitrogens with one attached hydrogen (secondary N) is 1. The van der Waals surface area contributed by atoms with Crippen molar-refractivity contribution in [1.29, 1.82) is 0 Å². The van der Waals surface area contributed by atoms with E-state index in [4.69, 9.17) is 16.3 Å². The molecule has 0 atom stereocenters. The minimum absolute atomic E-state index is 0.00296. The molecule has 2 N–H and O–H groups in total. The number of phenolic OH excluding ortho intramolecular Hbond substituents is 1. The van der Waals surface area contributed by atoms with Crippen LogP contribution in [0, 0.1) is 0 Å². The minimum Gasteiger partial charge on any atom is -0.506 e. The maximum atomic E-state index is 12.1. The molecule has 0 aliphatic carbocycles. The van der Waals surface area contributed by atoms with Gasteiger partial charge in [0.25, 0.3) is 5.91 Å². The molecular weight excluding hydrogens is 332 g/mol. The average Bonchev–Trinajstić information content (AvgIpc) is 2.50. The summed E-state index contributed by atoms with van der Waals surface area (Å²) in [5.74, 6) is -0.739. The average molecular weight is 349 g/mol. The number of carbonyl (C=O) groups excluding carboxylic acids is 1. The molecule has 0 spiro atoms. The van der Waals surface area contributed by atoms with Gasteiger partial charge in [0.15, 0.2) is 0 Å².